The van der Waals surface area contributed by atoms with Gasteiger partial charge in [-0.1, -0.05) is 34.1 Å². The van der Waals surface area contributed by atoms with Gasteiger partial charge in [0.25, 0.3) is 5.91 Å². The number of rotatable bonds is 4. The molecule has 0 spiro atoms. The number of aromatic hydroxyl groups is 1. The fourth-order valence-electron chi connectivity index (χ4n) is 4.27. The van der Waals surface area contributed by atoms with Gasteiger partial charge in [-0.05, 0) is 60.9 Å². The number of phenolic OH excluding ortho intramolecular Hbond substituents is 1. The summed E-state index contributed by atoms with van der Waals surface area (Å²) in [4.78, 5) is 15.2. The third-order valence-electron chi connectivity index (χ3n) is 5.66. The van der Waals surface area contributed by atoms with Gasteiger partial charge in [0.05, 0.1) is 18.8 Å². The molecule has 6 nitrogen and oxygen atoms in total. The summed E-state index contributed by atoms with van der Waals surface area (Å²) in [6.07, 6.45) is 1.60. The van der Waals surface area contributed by atoms with Gasteiger partial charge in [-0.2, -0.15) is 5.10 Å². The Kier molecular flexibility index (Phi) is 4.70. The lowest BCUT2D eigenvalue weighted by atomic mass is 9.94. The molecule has 7 heteroatoms. The van der Waals surface area contributed by atoms with Gasteiger partial charge in [0.2, 0.25) is 0 Å². The van der Waals surface area contributed by atoms with E-state index in [4.69, 9.17) is 4.42 Å². The number of carbonyl (C=O) groups excluding carboxylic acids is 1. The van der Waals surface area contributed by atoms with E-state index < -0.39 is 0 Å². The fraction of sp³-hybridized carbons (Fsp3) is 0.167. The topological polar surface area (TPSA) is 82.4 Å². The molecule has 1 aliphatic heterocycles. The molecule has 0 aliphatic carbocycles. The number of halogens is 1. The maximum atomic E-state index is 13.4. The van der Waals surface area contributed by atoms with Crippen LogP contribution < -0.4 is 0 Å². The Morgan fingerprint density at radius 1 is 1.19 bits per heavy atom. The number of fused-ring (bicyclic) bond motifs is 1. The molecule has 1 unspecified atom stereocenters. The van der Waals surface area contributed by atoms with Crippen LogP contribution in [0.2, 0.25) is 0 Å². The van der Waals surface area contributed by atoms with Gasteiger partial charge < -0.3 is 14.4 Å². The minimum Gasteiger partial charge on any atom is -0.507 e. The number of phenols is 1. The molecule has 5 rings (SSSR count). The van der Waals surface area contributed by atoms with Crippen molar-refractivity contribution < 1.29 is 14.3 Å². The maximum Gasteiger partial charge on any atom is 0.273 e. The zero-order valence-corrected chi connectivity index (χ0v) is 18.6. The third kappa shape index (κ3) is 3.25. The number of aromatic nitrogens is 2. The van der Waals surface area contributed by atoms with Gasteiger partial charge in [-0.25, -0.2) is 0 Å². The number of nitrogens with zero attached hydrogens (tertiary/aromatic N) is 2. The van der Waals surface area contributed by atoms with Crippen molar-refractivity contribution in [1.82, 2.24) is 15.1 Å². The Morgan fingerprint density at radius 2 is 1.97 bits per heavy atom. The molecule has 2 aromatic heterocycles. The zero-order chi connectivity index (χ0) is 21.7. The highest BCUT2D eigenvalue weighted by Crippen LogP contribution is 2.45. The second-order valence-corrected chi connectivity index (χ2v) is 8.72. The Hall–Kier alpha value is -3.32. The van der Waals surface area contributed by atoms with Gasteiger partial charge in [0, 0.05) is 15.6 Å². The molecule has 2 N–H and O–H groups in total. The Bertz CT molecular complexity index is 1280. The SMILES string of the molecule is Cc1cc(C)c(O)c(-c2n[nH]c3c2C(c2ccc(Br)cc2)N(Cc2ccco2)C3=O)c1. The number of amides is 1. The first-order valence-electron chi connectivity index (χ1n) is 9.91. The number of nitrogens with one attached hydrogen (secondary N) is 1. The van der Waals surface area contributed by atoms with E-state index in [1.807, 2.05) is 62.4 Å². The third-order valence-corrected chi connectivity index (χ3v) is 6.18. The van der Waals surface area contributed by atoms with E-state index in [0.717, 1.165) is 26.7 Å². The lowest BCUT2D eigenvalue weighted by molar-refractivity contribution is 0.0717. The van der Waals surface area contributed by atoms with E-state index in [1.165, 1.54) is 0 Å². The van der Waals surface area contributed by atoms with Crippen molar-refractivity contribution in [1.29, 1.82) is 0 Å². The second kappa shape index (κ2) is 7.42. The van der Waals surface area contributed by atoms with Gasteiger partial charge in [0.15, 0.2) is 0 Å². The van der Waals surface area contributed by atoms with Crippen LogP contribution in [0, 0.1) is 13.8 Å². The lowest BCUT2D eigenvalue weighted by Crippen LogP contribution is -2.28. The number of carbonyl (C=O) groups is 1. The predicted molar refractivity (Wildman–Crippen MR) is 120 cm³/mol. The van der Waals surface area contributed by atoms with Crippen LogP contribution in [0.15, 0.2) is 63.7 Å². The minimum atomic E-state index is -0.366. The summed E-state index contributed by atoms with van der Waals surface area (Å²) >= 11 is 3.48. The van der Waals surface area contributed by atoms with E-state index in [-0.39, 0.29) is 17.7 Å². The van der Waals surface area contributed by atoms with Crippen LogP contribution in [-0.2, 0) is 6.54 Å². The highest BCUT2D eigenvalue weighted by Gasteiger charge is 2.42. The van der Waals surface area contributed by atoms with Crippen molar-refractivity contribution in [2.75, 3.05) is 0 Å². The van der Waals surface area contributed by atoms with Crippen LogP contribution in [0.25, 0.3) is 11.3 Å². The Balaban J connectivity index is 1.70. The van der Waals surface area contributed by atoms with Gasteiger partial charge in [-0.15, -0.1) is 0 Å². The van der Waals surface area contributed by atoms with Crippen LogP contribution >= 0.6 is 15.9 Å². The molecule has 1 atom stereocenters. The highest BCUT2D eigenvalue weighted by molar-refractivity contribution is 9.10. The second-order valence-electron chi connectivity index (χ2n) is 7.81. The van der Waals surface area contributed by atoms with Gasteiger partial charge in [-0.3, -0.25) is 9.89 Å². The largest absolute Gasteiger partial charge is 0.507 e. The standard InChI is InChI=1S/C24H20BrN3O3/c1-13-10-14(2)23(29)18(11-13)20-19-21(27-26-20)24(30)28(12-17-4-3-9-31-17)22(19)15-5-7-16(25)8-6-15/h3-11,22,29H,12H2,1-2H3,(H,26,27). The minimum absolute atomic E-state index is 0.151. The van der Waals surface area contributed by atoms with Crippen molar-refractivity contribution in [3.63, 3.8) is 0 Å². The number of aryl methyl sites for hydroxylation is 2. The number of hydrogen-bond acceptors (Lipinski definition) is 4. The van der Waals surface area contributed by atoms with Crippen molar-refractivity contribution in [2.24, 2.45) is 0 Å². The Morgan fingerprint density at radius 3 is 2.68 bits per heavy atom. The molecular formula is C24H20BrN3O3. The van der Waals surface area contributed by atoms with Crippen LogP contribution in [-0.4, -0.2) is 26.1 Å². The van der Waals surface area contributed by atoms with E-state index in [2.05, 4.69) is 26.1 Å². The number of benzene rings is 2. The van der Waals surface area contributed by atoms with Crippen molar-refractivity contribution >= 4 is 21.8 Å². The molecule has 0 bridgehead atoms. The molecular weight excluding hydrogens is 458 g/mol. The molecule has 0 radical (unpaired) electrons. The molecule has 0 saturated heterocycles. The van der Waals surface area contributed by atoms with Crippen molar-refractivity contribution in [3.8, 4) is 17.0 Å². The van der Waals surface area contributed by atoms with Crippen LogP contribution in [0.1, 0.15) is 44.5 Å². The molecule has 0 fully saturated rings. The smallest absolute Gasteiger partial charge is 0.273 e. The molecule has 156 valence electrons. The monoisotopic (exact) mass is 477 g/mol. The summed E-state index contributed by atoms with van der Waals surface area (Å²) in [5, 5.41) is 18.2. The average molecular weight is 478 g/mol. The quantitative estimate of drug-likeness (QED) is 0.406. The number of H-pyrrole nitrogens is 1. The normalized spacial score (nSPS) is 15.5. The van der Waals surface area contributed by atoms with E-state index >= 15 is 0 Å². The summed E-state index contributed by atoms with van der Waals surface area (Å²) in [5.41, 5.74) is 5.13. The van der Waals surface area contributed by atoms with E-state index in [1.54, 1.807) is 11.2 Å². The molecule has 4 aromatic rings. The highest BCUT2D eigenvalue weighted by atomic mass is 79.9. The van der Waals surface area contributed by atoms with Crippen LogP contribution in [0.4, 0.5) is 0 Å². The first kappa shape index (κ1) is 19.6. The molecule has 1 aliphatic rings. The van der Waals surface area contributed by atoms with Crippen molar-refractivity contribution in [2.45, 2.75) is 26.4 Å². The molecule has 31 heavy (non-hydrogen) atoms. The lowest BCUT2D eigenvalue weighted by Gasteiger charge is -2.25. The average Bonchev–Trinajstić information content (AvgIpc) is 3.46. The first-order chi connectivity index (χ1) is 14.9. The molecule has 0 saturated carbocycles. The summed E-state index contributed by atoms with van der Waals surface area (Å²) in [5.74, 6) is 0.720. The number of furan rings is 1. The van der Waals surface area contributed by atoms with Gasteiger partial charge in [0.1, 0.15) is 22.9 Å². The summed E-state index contributed by atoms with van der Waals surface area (Å²) in [6.45, 7) is 4.16. The number of aromatic amines is 1. The number of hydrogen-bond donors (Lipinski definition) is 2. The first-order valence-corrected chi connectivity index (χ1v) is 10.7. The summed E-state index contributed by atoms with van der Waals surface area (Å²) < 4.78 is 6.48. The molecule has 3 heterocycles. The predicted octanol–water partition coefficient (Wildman–Crippen LogP) is 5.50. The van der Waals surface area contributed by atoms with E-state index in [0.29, 0.717) is 29.3 Å². The van der Waals surface area contributed by atoms with Crippen molar-refractivity contribution in [3.05, 3.63) is 93.0 Å². The maximum absolute atomic E-state index is 13.4. The molecule has 1 amide bonds. The van der Waals surface area contributed by atoms with E-state index in [9.17, 15) is 9.90 Å². The van der Waals surface area contributed by atoms with Crippen LogP contribution in [0.3, 0.4) is 0 Å². The molecule has 2 aromatic carbocycles. The summed E-state index contributed by atoms with van der Waals surface area (Å²) in [6, 6.07) is 15.0. The fourth-order valence-corrected chi connectivity index (χ4v) is 4.53. The van der Waals surface area contributed by atoms with Crippen LogP contribution in [0.5, 0.6) is 5.75 Å². The Labute approximate surface area is 187 Å². The zero-order valence-electron chi connectivity index (χ0n) is 17.0. The summed E-state index contributed by atoms with van der Waals surface area (Å²) in [7, 11) is 0. The van der Waals surface area contributed by atoms with Gasteiger partial charge >= 0.3 is 0 Å².